The molecule has 0 spiro atoms. The maximum absolute atomic E-state index is 13.4. The summed E-state index contributed by atoms with van der Waals surface area (Å²) >= 11 is 8.14. The first-order valence-electron chi connectivity index (χ1n) is 9.22. The highest BCUT2D eigenvalue weighted by Gasteiger charge is 2.28. The Morgan fingerprint density at radius 1 is 1.15 bits per heavy atom. The Morgan fingerprint density at radius 3 is 2.74 bits per heavy atom. The van der Waals surface area contributed by atoms with Crippen molar-refractivity contribution >= 4 is 46.6 Å². The van der Waals surface area contributed by atoms with Crippen LogP contribution in [0.15, 0.2) is 47.4 Å². The zero-order chi connectivity index (χ0) is 19.0. The standard InChI is InChI=1S/C21H21ClN2O2S/c1-14-10-12-24(17-5-2-3-6-19(17)27-14)21(26)15-8-9-16(22)18(13-15)23-11-4-7-20(23)25/h2-3,5-6,8-9,13-14H,4,7,10-12H2,1H3/t14-/m1/s1. The largest absolute Gasteiger partial charge is 0.311 e. The van der Waals surface area contributed by atoms with Gasteiger partial charge in [0.25, 0.3) is 5.91 Å². The minimum Gasteiger partial charge on any atom is -0.311 e. The molecule has 140 valence electrons. The highest BCUT2D eigenvalue weighted by Crippen LogP contribution is 2.38. The molecule has 2 aliphatic rings. The van der Waals surface area contributed by atoms with E-state index in [1.807, 2.05) is 34.9 Å². The fraction of sp³-hybridized carbons (Fsp3) is 0.333. The van der Waals surface area contributed by atoms with Gasteiger partial charge in [0, 0.05) is 35.2 Å². The second kappa shape index (κ2) is 7.56. The fourth-order valence-corrected chi connectivity index (χ4v) is 4.94. The number of carbonyl (C=O) groups is 2. The Hall–Kier alpha value is -1.98. The molecule has 0 radical (unpaired) electrons. The number of carbonyl (C=O) groups excluding carboxylic acids is 2. The van der Waals surface area contributed by atoms with Crippen LogP contribution in [-0.4, -0.2) is 30.2 Å². The van der Waals surface area contributed by atoms with Crippen LogP contribution in [0.1, 0.15) is 36.5 Å². The first-order valence-corrected chi connectivity index (χ1v) is 10.5. The first kappa shape index (κ1) is 18.4. The van der Waals surface area contributed by atoms with Crippen LogP contribution in [0.2, 0.25) is 5.02 Å². The lowest BCUT2D eigenvalue weighted by molar-refractivity contribution is -0.117. The van der Waals surface area contributed by atoms with E-state index in [1.54, 1.807) is 23.1 Å². The van der Waals surface area contributed by atoms with E-state index in [2.05, 4.69) is 13.0 Å². The van der Waals surface area contributed by atoms with E-state index in [0.717, 1.165) is 23.4 Å². The molecule has 0 bridgehead atoms. The van der Waals surface area contributed by atoms with E-state index < -0.39 is 0 Å². The third-order valence-electron chi connectivity index (χ3n) is 5.05. The SMILES string of the molecule is C[C@@H]1CCN(C(=O)c2ccc(Cl)c(N3CCCC3=O)c2)c2ccccc2S1. The van der Waals surface area contributed by atoms with E-state index in [4.69, 9.17) is 11.6 Å². The van der Waals surface area contributed by atoms with Gasteiger partial charge >= 0.3 is 0 Å². The number of thioether (sulfide) groups is 1. The van der Waals surface area contributed by atoms with Gasteiger partial charge < -0.3 is 9.80 Å². The molecule has 0 N–H and O–H groups in total. The van der Waals surface area contributed by atoms with Crippen molar-refractivity contribution in [2.45, 2.75) is 36.3 Å². The Balaban J connectivity index is 1.70. The van der Waals surface area contributed by atoms with Crippen LogP contribution in [-0.2, 0) is 4.79 Å². The molecule has 2 aromatic rings. The van der Waals surface area contributed by atoms with Crippen LogP contribution in [0.5, 0.6) is 0 Å². The zero-order valence-electron chi connectivity index (χ0n) is 15.2. The molecule has 2 aromatic carbocycles. The molecule has 1 fully saturated rings. The number of hydrogen-bond acceptors (Lipinski definition) is 3. The summed E-state index contributed by atoms with van der Waals surface area (Å²) in [5.41, 5.74) is 2.14. The van der Waals surface area contributed by atoms with E-state index >= 15 is 0 Å². The predicted octanol–water partition coefficient (Wildman–Crippen LogP) is 5.00. The van der Waals surface area contributed by atoms with Crippen molar-refractivity contribution in [2.24, 2.45) is 0 Å². The number of halogens is 1. The number of para-hydroxylation sites is 1. The molecule has 0 aliphatic carbocycles. The molecule has 0 aromatic heterocycles. The second-order valence-corrected chi connectivity index (χ2v) is 8.84. The highest BCUT2D eigenvalue weighted by atomic mass is 35.5. The minimum absolute atomic E-state index is 0.0540. The summed E-state index contributed by atoms with van der Waals surface area (Å²) in [4.78, 5) is 30.1. The van der Waals surface area contributed by atoms with Crippen molar-refractivity contribution in [1.29, 1.82) is 0 Å². The number of anilines is 2. The molecule has 2 amide bonds. The molecule has 27 heavy (non-hydrogen) atoms. The Bertz CT molecular complexity index is 902. The van der Waals surface area contributed by atoms with Gasteiger partial charge in [-0.3, -0.25) is 9.59 Å². The third kappa shape index (κ3) is 3.58. The average molecular weight is 401 g/mol. The first-order chi connectivity index (χ1) is 13.0. The molecule has 4 rings (SSSR count). The summed E-state index contributed by atoms with van der Waals surface area (Å²) in [5, 5.41) is 0.953. The smallest absolute Gasteiger partial charge is 0.258 e. The Labute approximate surface area is 168 Å². The van der Waals surface area contributed by atoms with Gasteiger partial charge in [0.2, 0.25) is 5.91 Å². The van der Waals surface area contributed by atoms with E-state index in [0.29, 0.717) is 41.0 Å². The molecule has 6 heteroatoms. The number of rotatable bonds is 2. The number of nitrogens with zero attached hydrogens (tertiary/aromatic N) is 2. The summed E-state index contributed by atoms with van der Waals surface area (Å²) in [5.74, 6) is 0.00792. The lowest BCUT2D eigenvalue weighted by Crippen LogP contribution is -2.32. The summed E-state index contributed by atoms with van der Waals surface area (Å²) in [6.45, 7) is 3.51. The summed E-state index contributed by atoms with van der Waals surface area (Å²) < 4.78 is 0. The number of hydrogen-bond donors (Lipinski definition) is 0. The average Bonchev–Trinajstić information content (AvgIpc) is 3.01. The lowest BCUT2D eigenvalue weighted by Gasteiger charge is -2.24. The maximum atomic E-state index is 13.4. The van der Waals surface area contributed by atoms with E-state index in [9.17, 15) is 9.59 Å². The molecule has 2 aliphatic heterocycles. The van der Waals surface area contributed by atoms with Crippen molar-refractivity contribution in [3.8, 4) is 0 Å². The van der Waals surface area contributed by atoms with Crippen LogP contribution in [0, 0.1) is 0 Å². The van der Waals surface area contributed by atoms with Crippen LogP contribution in [0.4, 0.5) is 11.4 Å². The van der Waals surface area contributed by atoms with E-state index in [1.165, 1.54) is 0 Å². The molecule has 4 nitrogen and oxygen atoms in total. The molecule has 2 heterocycles. The van der Waals surface area contributed by atoms with Crippen molar-refractivity contribution in [2.75, 3.05) is 22.9 Å². The topological polar surface area (TPSA) is 40.6 Å². The Kier molecular flexibility index (Phi) is 5.15. The second-order valence-electron chi connectivity index (χ2n) is 6.96. The van der Waals surface area contributed by atoms with Crippen LogP contribution >= 0.6 is 23.4 Å². The fourth-order valence-electron chi connectivity index (χ4n) is 3.61. The van der Waals surface area contributed by atoms with Crippen molar-refractivity contribution in [3.63, 3.8) is 0 Å². The summed E-state index contributed by atoms with van der Waals surface area (Å²) in [6, 6.07) is 13.3. The van der Waals surface area contributed by atoms with E-state index in [-0.39, 0.29) is 11.8 Å². The third-order valence-corrected chi connectivity index (χ3v) is 6.60. The van der Waals surface area contributed by atoms with Gasteiger partial charge in [-0.1, -0.05) is 30.7 Å². The van der Waals surface area contributed by atoms with Crippen molar-refractivity contribution < 1.29 is 9.59 Å². The van der Waals surface area contributed by atoms with Gasteiger partial charge in [0.05, 0.1) is 16.4 Å². The monoisotopic (exact) mass is 400 g/mol. The van der Waals surface area contributed by atoms with Gasteiger partial charge in [0.1, 0.15) is 0 Å². The van der Waals surface area contributed by atoms with Crippen molar-refractivity contribution in [1.82, 2.24) is 0 Å². The number of amides is 2. The van der Waals surface area contributed by atoms with Crippen LogP contribution in [0.25, 0.3) is 0 Å². The minimum atomic E-state index is -0.0540. The van der Waals surface area contributed by atoms with Gasteiger partial charge in [-0.15, -0.1) is 11.8 Å². The predicted molar refractivity (Wildman–Crippen MR) is 111 cm³/mol. The number of benzene rings is 2. The van der Waals surface area contributed by atoms with Crippen LogP contribution in [0.3, 0.4) is 0 Å². The normalized spacial score (nSPS) is 19.8. The molecular formula is C21H21ClN2O2S. The molecule has 0 unspecified atom stereocenters. The highest BCUT2D eigenvalue weighted by molar-refractivity contribution is 8.00. The summed E-state index contributed by atoms with van der Waals surface area (Å²) in [6.07, 6.45) is 2.28. The lowest BCUT2D eigenvalue weighted by atomic mass is 10.1. The maximum Gasteiger partial charge on any atom is 0.258 e. The number of fused-ring (bicyclic) bond motifs is 1. The van der Waals surface area contributed by atoms with Gasteiger partial charge in [-0.05, 0) is 43.2 Å². The Morgan fingerprint density at radius 2 is 1.96 bits per heavy atom. The molecule has 1 saturated heterocycles. The molecular weight excluding hydrogens is 380 g/mol. The van der Waals surface area contributed by atoms with Gasteiger partial charge in [0.15, 0.2) is 0 Å². The van der Waals surface area contributed by atoms with Gasteiger partial charge in [-0.2, -0.15) is 0 Å². The summed E-state index contributed by atoms with van der Waals surface area (Å²) in [7, 11) is 0. The van der Waals surface area contributed by atoms with Crippen LogP contribution < -0.4 is 9.80 Å². The van der Waals surface area contributed by atoms with Crippen molar-refractivity contribution in [3.05, 3.63) is 53.1 Å². The zero-order valence-corrected chi connectivity index (χ0v) is 16.7. The molecule has 0 saturated carbocycles. The van der Waals surface area contributed by atoms with Gasteiger partial charge in [-0.25, -0.2) is 0 Å². The quantitative estimate of drug-likeness (QED) is 0.712. The molecule has 1 atom stereocenters.